The van der Waals surface area contributed by atoms with Crippen LogP contribution in [-0.2, 0) is 9.53 Å². The molecule has 2 N–H and O–H groups in total. The summed E-state index contributed by atoms with van der Waals surface area (Å²) in [6.45, 7) is 6.21. The van der Waals surface area contributed by atoms with E-state index in [1.807, 2.05) is 62.4 Å². The van der Waals surface area contributed by atoms with Crippen molar-refractivity contribution in [3.63, 3.8) is 0 Å². The van der Waals surface area contributed by atoms with Gasteiger partial charge in [-0.3, -0.25) is 10.1 Å². The van der Waals surface area contributed by atoms with Gasteiger partial charge in [0.25, 0.3) is 0 Å². The van der Waals surface area contributed by atoms with Gasteiger partial charge in [-0.25, -0.2) is 0 Å². The number of hydrogen-bond donors (Lipinski definition) is 2. The number of ether oxygens (including phenoxy) is 3. The van der Waals surface area contributed by atoms with E-state index in [0.717, 1.165) is 22.7 Å². The van der Waals surface area contributed by atoms with Crippen molar-refractivity contribution in [1.82, 2.24) is 5.32 Å². The van der Waals surface area contributed by atoms with Gasteiger partial charge >= 0.3 is 0 Å². The molecular formula is C22H26N2O4S. The third-order valence-corrected chi connectivity index (χ3v) is 3.87. The van der Waals surface area contributed by atoms with Crippen molar-refractivity contribution >= 4 is 35.0 Å². The molecule has 0 fully saturated rings. The molecule has 6 nitrogen and oxygen atoms in total. The fraction of sp³-hybridized carbons (Fsp3) is 0.273. The predicted octanol–water partition coefficient (Wildman–Crippen LogP) is 4.03. The number of amides is 1. The Morgan fingerprint density at radius 3 is 2.24 bits per heavy atom. The van der Waals surface area contributed by atoms with E-state index in [1.165, 1.54) is 6.08 Å². The molecule has 0 spiro atoms. The van der Waals surface area contributed by atoms with Crippen LogP contribution in [0.5, 0.6) is 11.5 Å². The van der Waals surface area contributed by atoms with Gasteiger partial charge in [-0.15, -0.1) is 0 Å². The number of nitrogens with one attached hydrogen (secondary N) is 2. The smallest absolute Gasteiger partial charge is 0.250 e. The van der Waals surface area contributed by atoms with Crippen LogP contribution >= 0.6 is 12.2 Å². The van der Waals surface area contributed by atoms with Crippen molar-refractivity contribution < 1.29 is 19.0 Å². The van der Waals surface area contributed by atoms with Crippen molar-refractivity contribution in [2.75, 3.05) is 31.7 Å². The molecule has 0 aliphatic rings. The van der Waals surface area contributed by atoms with Gasteiger partial charge in [0.1, 0.15) is 18.1 Å². The Kier molecular flexibility index (Phi) is 9.68. The van der Waals surface area contributed by atoms with E-state index >= 15 is 0 Å². The number of anilines is 1. The minimum Gasteiger partial charge on any atom is -0.494 e. The summed E-state index contributed by atoms with van der Waals surface area (Å²) in [7, 11) is 0. The lowest BCUT2D eigenvalue weighted by atomic mass is 10.2. The molecule has 0 heterocycles. The average Bonchev–Trinajstić information content (AvgIpc) is 2.72. The van der Waals surface area contributed by atoms with Crippen LogP contribution in [0.25, 0.3) is 6.08 Å². The molecular weight excluding hydrogens is 388 g/mol. The van der Waals surface area contributed by atoms with Gasteiger partial charge in [0, 0.05) is 18.4 Å². The van der Waals surface area contributed by atoms with Crippen LogP contribution in [0.2, 0.25) is 0 Å². The minimum absolute atomic E-state index is 0.219. The Labute approximate surface area is 176 Å². The molecule has 0 radical (unpaired) electrons. The maximum Gasteiger partial charge on any atom is 0.250 e. The molecule has 0 saturated heterocycles. The zero-order valence-electron chi connectivity index (χ0n) is 16.6. The number of carbonyl (C=O) groups is 1. The van der Waals surface area contributed by atoms with Gasteiger partial charge in [-0.2, -0.15) is 0 Å². The van der Waals surface area contributed by atoms with Gasteiger partial charge in [0.2, 0.25) is 5.91 Å². The highest BCUT2D eigenvalue weighted by Crippen LogP contribution is 2.16. The molecule has 0 saturated carbocycles. The lowest BCUT2D eigenvalue weighted by molar-refractivity contribution is -0.115. The summed E-state index contributed by atoms with van der Waals surface area (Å²) < 4.78 is 16.2. The first-order chi connectivity index (χ1) is 14.1. The first-order valence-corrected chi connectivity index (χ1v) is 9.85. The van der Waals surface area contributed by atoms with E-state index in [-0.39, 0.29) is 11.0 Å². The van der Waals surface area contributed by atoms with Gasteiger partial charge in [0.05, 0.1) is 13.2 Å². The van der Waals surface area contributed by atoms with Gasteiger partial charge in [0.15, 0.2) is 5.11 Å². The Balaban J connectivity index is 1.76. The topological polar surface area (TPSA) is 68.8 Å². The zero-order chi connectivity index (χ0) is 20.9. The lowest BCUT2D eigenvalue weighted by Gasteiger charge is -2.10. The molecule has 2 aromatic rings. The zero-order valence-corrected chi connectivity index (χ0v) is 17.5. The standard InChI is InChI=1S/C22H26N2O4S/c1-3-26-15-16-28-20-12-8-18(9-13-20)23-22(29)24-21(25)14-7-17-5-10-19(11-6-17)27-4-2/h5-14H,3-4,15-16H2,1-2H3,(H2,23,24,25,29)/b14-7+. The molecule has 1 amide bonds. The van der Waals surface area contributed by atoms with Crippen molar-refractivity contribution in [1.29, 1.82) is 0 Å². The highest BCUT2D eigenvalue weighted by atomic mass is 32.1. The summed E-state index contributed by atoms with van der Waals surface area (Å²) >= 11 is 5.18. The number of thiocarbonyl (C=S) groups is 1. The average molecular weight is 415 g/mol. The fourth-order valence-corrected chi connectivity index (χ4v) is 2.55. The van der Waals surface area contributed by atoms with E-state index in [1.54, 1.807) is 6.08 Å². The van der Waals surface area contributed by atoms with Crippen LogP contribution < -0.4 is 20.1 Å². The molecule has 154 valence electrons. The Bertz CT molecular complexity index is 805. The van der Waals surface area contributed by atoms with Gasteiger partial charge < -0.3 is 19.5 Å². The van der Waals surface area contributed by atoms with Gasteiger partial charge in [-0.1, -0.05) is 12.1 Å². The van der Waals surface area contributed by atoms with Crippen LogP contribution in [0.1, 0.15) is 19.4 Å². The fourth-order valence-electron chi connectivity index (χ4n) is 2.33. The number of rotatable bonds is 10. The third kappa shape index (κ3) is 8.76. The van der Waals surface area contributed by atoms with E-state index in [4.69, 9.17) is 26.4 Å². The summed E-state index contributed by atoms with van der Waals surface area (Å²) in [6.07, 6.45) is 3.14. The highest BCUT2D eigenvalue weighted by molar-refractivity contribution is 7.80. The first kappa shape index (κ1) is 22.4. The summed E-state index contributed by atoms with van der Waals surface area (Å²) in [5.41, 5.74) is 1.64. The monoisotopic (exact) mass is 414 g/mol. The second-order valence-electron chi connectivity index (χ2n) is 5.85. The number of benzene rings is 2. The number of hydrogen-bond acceptors (Lipinski definition) is 5. The summed E-state index contributed by atoms with van der Waals surface area (Å²) in [5.74, 6) is 1.22. The van der Waals surface area contributed by atoms with E-state index in [9.17, 15) is 4.79 Å². The minimum atomic E-state index is -0.313. The highest BCUT2D eigenvalue weighted by Gasteiger charge is 2.02. The maximum atomic E-state index is 12.0. The molecule has 0 atom stereocenters. The van der Waals surface area contributed by atoms with Crippen LogP contribution in [0, 0.1) is 0 Å². The normalized spacial score (nSPS) is 10.6. The SMILES string of the molecule is CCOCCOc1ccc(NC(=S)NC(=O)/C=C/c2ccc(OCC)cc2)cc1. The van der Waals surface area contributed by atoms with Crippen molar-refractivity contribution in [2.24, 2.45) is 0 Å². The molecule has 0 aliphatic heterocycles. The molecule has 2 aromatic carbocycles. The lowest BCUT2D eigenvalue weighted by Crippen LogP contribution is -2.32. The molecule has 7 heteroatoms. The van der Waals surface area contributed by atoms with E-state index in [2.05, 4.69) is 10.6 Å². The predicted molar refractivity (Wildman–Crippen MR) is 119 cm³/mol. The van der Waals surface area contributed by atoms with Gasteiger partial charge in [-0.05, 0) is 74.1 Å². The summed E-state index contributed by atoms with van der Waals surface area (Å²) in [5, 5.41) is 5.80. The first-order valence-electron chi connectivity index (χ1n) is 9.44. The second-order valence-corrected chi connectivity index (χ2v) is 6.26. The number of carbonyl (C=O) groups excluding carboxylic acids is 1. The van der Waals surface area contributed by atoms with Crippen molar-refractivity contribution in [3.8, 4) is 11.5 Å². The van der Waals surface area contributed by atoms with Crippen LogP contribution in [-0.4, -0.2) is 37.4 Å². The van der Waals surface area contributed by atoms with Crippen LogP contribution in [0.15, 0.2) is 54.6 Å². The van der Waals surface area contributed by atoms with E-state index < -0.39 is 0 Å². The molecule has 0 aromatic heterocycles. The quantitative estimate of drug-likeness (QED) is 0.348. The Hall–Kier alpha value is -2.90. The van der Waals surface area contributed by atoms with Crippen molar-refractivity contribution in [3.05, 3.63) is 60.2 Å². The van der Waals surface area contributed by atoms with Crippen LogP contribution in [0.4, 0.5) is 5.69 Å². The Morgan fingerprint density at radius 2 is 1.59 bits per heavy atom. The van der Waals surface area contributed by atoms with Crippen molar-refractivity contribution in [2.45, 2.75) is 13.8 Å². The van der Waals surface area contributed by atoms with E-state index in [0.29, 0.717) is 26.4 Å². The maximum absolute atomic E-state index is 12.0. The third-order valence-electron chi connectivity index (χ3n) is 3.67. The molecule has 0 bridgehead atoms. The Morgan fingerprint density at radius 1 is 0.931 bits per heavy atom. The van der Waals surface area contributed by atoms with Crippen LogP contribution in [0.3, 0.4) is 0 Å². The molecule has 2 rings (SSSR count). The largest absolute Gasteiger partial charge is 0.494 e. The summed E-state index contributed by atoms with van der Waals surface area (Å²) in [4.78, 5) is 12.0. The molecule has 29 heavy (non-hydrogen) atoms. The summed E-state index contributed by atoms with van der Waals surface area (Å²) in [6, 6.07) is 14.8. The second kappa shape index (κ2) is 12.5. The molecule has 0 aliphatic carbocycles. The molecule has 0 unspecified atom stereocenters.